The summed E-state index contributed by atoms with van der Waals surface area (Å²) in [6.07, 6.45) is -0.498. The van der Waals surface area contributed by atoms with E-state index in [0.717, 1.165) is 24.3 Å². The van der Waals surface area contributed by atoms with Gasteiger partial charge in [-0.3, -0.25) is 4.79 Å². The zero-order valence-electron chi connectivity index (χ0n) is 16.6. The van der Waals surface area contributed by atoms with Crippen LogP contribution in [0.25, 0.3) is 11.4 Å². The molecule has 29 heavy (non-hydrogen) atoms. The SMILES string of the molecule is Cc1nc(-c2ccc(N3CCN(C(=O)C(C)Oc4ccccc4)CC3)cc2)no1. The number of benzene rings is 2. The van der Waals surface area contributed by atoms with E-state index in [2.05, 4.69) is 27.2 Å². The van der Waals surface area contributed by atoms with Gasteiger partial charge in [-0.25, -0.2) is 0 Å². The van der Waals surface area contributed by atoms with E-state index in [1.54, 1.807) is 13.8 Å². The zero-order chi connectivity index (χ0) is 20.2. The Balaban J connectivity index is 1.32. The number of carbonyl (C=O) groups is 1. The number of aromatic nitrogens is 2. The summed E-state index contributed by atoms with van der Waals surface area (Å²) in [4.78, 5) is 21.1. The number of ether oxygens (including phenoxy) is 1. The summed E-state index contributed by atoms with van der Waals surface area (Å²) in [6, 6.07) is 17.5. The van der Waals surface area contributed by atoms with Gasteiger partial charge in [0.2, 0.25) is 11.7 Å². The fourth-order valence-corrected chi connectivity index (χ4v) is 3.43. The Hall–Kier alpha value is -3.35. The highest BCUT2D eigenvalue weighted by atomic mass is 16.5. The largest absolute Gasteiger partial charge is 0.481 e. The Morgan fingerprint density at radius 3 is 2.34 bits per heavy atom. The number of hydrogen-bond donors (Lipinski definition) is 0. The first-order valence-corrected chi connectivity index (χ1v) is 9.76. The Morgan fingerprint density at radius 1 is 1.03 bits per heavy atom. The van der Waals surface area contributed by atoms with E-state index in [-0.39, 0.29) is 5.91 Å². The predicted molar refractivity (Wildman–Crippen MR) is 110 cm³/mol. The molecular formula is C22H24N4O3. The molecule has 0 saturated carbocycles. The van der Waals surface area contributed by atoms with Crippen LogP contribution in [0.1, 0.15) is 12.8 Å². The van der Waals surface area contributed by atoms with E-state index >= 15 is 0 Å². The van der Waals surface area contributed by atoms with E-state index in [0.29, 0.717) is 30.6 Å². The van der Waals surface area contributed by atoms with Gasteiger partial charge in [-0.1, -0.05) is 23.4 Å². The van der Waals surface area contributed by atoms with Crippen molar-refractivity contribution in [3.63, 3.8) is 0 Å². The maximum atomic E-state index is 12.7. The number of anilines is 1. The number of carbonyl (C=O) groups excluding carboxylic acids is 1. The van der Waals surface area contributed by atoms with Gasteiger partial charge in [0.1, 0.15) is 5.75 Å². The van der Waals surface area contributed by atoms with Crippen molar-refractivity contribution in [2.24, 2.45) is 0 Å². The zero-order valence-corrected chi connectivity index (χ0v) is 16.6. The maximum Gasteiger partial charge on any atom is 0.263 e. The van der Waals surface area contributed by atoms with Crippen LogP contribution in [-0.4, -0.2) is 53.2 Å². The first kappa shape index (κ1) is 19.0. The molecule has 150 valence electrons. The van der Waals surface area contributed by atoms with Crippen LogP contribution in [0.15, 0.2) is 59.1 Å². The van der Waals surface area contributed by atoms with E-state index in [9.17, 15) is 4.79 Å². The Bertz CT molecular complexity index is 948. The van der Waals surface area contributed by atoms with Crippen molar-refractivity contribution >= 4 is 11.6 Å². The minimum absolute atomic E-state index is 0.0244. The van der Waals surface area contributed by atoms with E-state index in [4.69, 9.17) is 9.26 Å². The van der Waals surface area contributed by atoms with Crippen molar-refractivity contribution in [2.75, 3.05) is 31.1 Å². The average molecular weight is 392 g/mol. The summed E-state index contributed by atoms with van der Waals surface area (Å²) in [5.41, 5.74) is 2.04. The predicted octanol–water partition coefficient (Wildman–Crippen LogP) is 3.16. The molecule has 0 spiro atoms. The first-order valence-electron chi connectivity index (χ1n) is 9.76. The van der Waals surface area contributed by atoms with Crippen molar-refractivity contribution in [2.45, 2.75) is 20.0 Å². The highest BCUT2D eigenvalue weighted by Crippen LogP contribution is 2.22. The second-order valence-electron chi connectivity index (χ2n) is 7.07. The van der Waals surface area contributed by atoms with Crippen molar-refractivity contribution < 1.29 is 14.1 Å². The molecule has 1 atom stereocenters. The van der Waals surface area contributed by atoms with Crippen LogP contribution in [0, 0.1) is 6.92 Å². The normalized spacial score (nSPS) is 15.2. The molecule has 1 fully saturated rings. The summed E-state index contributed by atoms with van der Waals surface area (Å²) in [5, 5.41) is 3.95. The number of hydrogen-bond acceptors (Lipinski definition) is 6. The number of amides is 1. The van der Waals surface area contributed by atoms with Crippen LogP contribution < -0.4 is 9.64 Å². The average Bonchev–Trinajstić information content (AvgIpc) is 3.20. The van der Waals surface area contributed by atoms with Gasteiger partial charge < -0.3 is 19.1 Å². The van der Waals surface area contributed by atoms with E-state index < -0.39 is 6.10 Å². The van der Waals surface area contributed by atoms with Crippen molar-refractivity contribution in [3.05, 3.63) is 60.5 Å². The molecule has 1 aliphatic rings. The number of piperazine rings is 1. The van der Waals surface area contributed by atoms with Crippen LogP contribution >= 0.6 is 0 Å². The summed E-state index contributed by atoms with van der Waals surface area (Å²) in [7, 11) is 0. The van der Waals surface area contributed by atoms with Crippen LogP contribution in [-0.2, 0) is 4.79 Å². The minimum Gasteiger partial charge on any atom is -0.481 e. The summed E-state index contributed by atoms with van der Waals surface area (Å²) in [5.74, 6) is 1.88. The third kappa shape index (κ3) is 4.39. The summed E-state index contributed by atoms with van der Waals surface area (Å²) >= 11 is 0. The second kappa shape index (κ2) is 8.34. The molecule has 3 aromatic rings. The molecule has 0 radical (unpaired) electrons. The van der Waals surface area contributed by atoms with Crippen molar-refractivity contribution in [3.8, 4) is 17.1 Å². The van der Waals surface area contributed by atoms with Gasteiger partial charge in [-0.2, -0.15) is 4.98 Å². The highest BCUT2D eigenvalue weighted by molar-refractivity contribution is 5.81. The van der Waals surface area contributed by atoms with Gasteiger partial charge in [0.05, 0.1) is 0 Å². The second-order valence-corrected chi connectivity index (χ2v) is 7.07. The number of aryl methyl sites for hydroxylation is 1. The smallest absolute Gasteiger partial charge is 0.263 e. The summed E-state index contributed by atoms with van der Waals surface area (Å²) in [6.45, 7) is 6.49. The molecule has 1 aliphatic heterocycles. The molecule has 1 saturated heterocycles. The number of para-hydroxylation sites is 1. The Kier molecular flexibility index (Phi) is 5.46. The lowest BCUT2D eigenvalue weighted by molar-refractivity contribution is -0.138. The quantitative estimate of drug-likeness (QED) is 0.664. The van der Waals surface area contributed by atoms with Crippen molar-refractivity contribution in [1.29, 1.82) is 0 Å². The lowest BCUT2D eigenvalue weighted by Gasteiger charge is -2.37. The Labute approximate surface area is 169 Å². The highest BCUT2D eigenvalue weighted by Gasteiger charge is 2.26. The van der Waals surface area contributed by atoms with Gasteiger partial charge in [0.25, 0.3) is 5.91 Å². The van der Waals surface area contributed by atoms with Crippen molar-refractivity contribution in [1.82, 2.24) is 15.0 Å². The molecule has 2 aromatic carbocycles. The molecule has 1 unspecified atom stereocenters. The van der Waals surface area contributed by atoms with Gasteiger partial charge in [-0.05, 0) is 43.3 Å². The third-order valence-corrected chi connectivity index (χ3v) is 5.01. The molecule has 0 bridgehead atoms. The van der Waals surface area contributed by atoms with Gasteiger partial charge in [0, 0.05) is 44.4 Å². The van der Waals surface area contributed by atoms with E-state index in [1.807, 2.05) is 47.4 Å². The lowest BCUT2D eigenvalue weighted by atomic mass is 10.1. The maximum absolute atomic E-state index is 12.7. The van der Waals surface area contributed by atoms with Gasteiger partial charge in [-0.15, -0.1) is 0 Å². The topological polar surface area (TPSA) is 71.7 Å². The molecular weight excluding hydrogens is 368 g/mol. The fraction of sp³-hybridized carbons (Fsp3) is 0.318. The van der Waals surface area contributed by atoms with Crippen LogP contribution in [0.3, 0.4) is 0 Å². The molecule has 0 N–H and O–H groups in total. The summed E-state index contributed by atoms with van der Waals surface area (Å²) < 4.78 is 10.8. The monoisotopic (exact) mass is 392 g/mol. The molecule has 4 rings (SSSR count). The fourth-order valence-electron chi connectivity index (χ4n) is 3.43. The third-order valence-electron chi connectivity index (χ3n) is 5.01. The number of rotatable bonds is 5. The molecule has 0 aliphatic carbocycles. The number of nitrogens with zero attached hydrogens (tertiary/aromatic N) is 4. The molecule has 7 heteroatoms. The van der Waals surface area contributed by atoms with Gasteiger partial charge >= 0.3 is 0 Å². The molecule has 7 nitrogen and oxygen atoms in total. The molecule has 1 aromatic heterocycles. The molecule has 2 heterocycles. The lowest BCUT2D eigenvalue weighted by Crippen LogP contribution is -2.52. The van der Waals surface area contributed by atoms with Crippen LogP contribution in [0.4, 0.5) is 5.69 Å². The van der Waals surface area contributed by atoms with E-state index in [1.165, 1.54) is 0 Å². The molecule has 1 amide bonds. The standard InChI is InChI=1S/C22H24N4O3/c1-16(28-20-6-4-3-5-7-20)22(27)26-14-12-25(13-15-26)19-10-8-18(9-11-19)21-23-17(2)29-24-21/h3-11,16H,12-15H2,1-2H3. The Morgan fingerprint density at radius 2 is 1.72 bits per heavy atom. The van der Waals surface area contributed by atoms with Crippen LogP contribution in [0.5, 0.6) is 5.75 Å². The minimum atomic E-state index is -0.498. The first-order chi connectivity index (χ1) is 14.1. The van der Waals surface area contributed by atoms with Crippen LogP contribution in [0.2, 0.25) is 0 Å². The van der Waals surface area contributed by atoms with Gasteiger partial charge in [0.15, 0.2) is 6.10 Å².